The normalized spacial score (nSPS) is 10.2. The molecule has 0 spiro atoms. The van der Waals surface area contributed by atoms with E-state index in [2.05, 4.69) is 5.32 Å². The third-order valence-electron chi connectivity index (χ3n) is 4.04. The Labute approximate surface area is 154 Å². The molecule has 1 N–H and O–H groups in total. The summed E-state index contributed by atoms with van der Waals surface area (Å²) in [5, 5.41) is 2.93. The fourth-order valence-electron chi connectivity index (χ4n) is 2.67. The first-order valence-electron chi connectivity index (χ1n) is 8.29. The lowest BCUT2D eigenvalue weighted by atomic mass is 10.1. The summed E-state index contributed by atoms with van der Waals surface area (Å²) in [5.41, 5.74) is 1.76. The van der Waals surface area contributed by atoms with Crippen LogP contribution in [-0.2, 0) is 17.6 Å². The van der Waals surface area contributed by atoms with Crippen molar-refractivity contribution in [3.05, 3.63) is 47.5 Å². The van der Waals surface area contributed by atoms with E-state index in [1.165, 1.54) is 0 Å². The number of hydrogen-bond donors (Lipinski definition) is 1. The Hall–Kier alpha value is -2.89. The van der Waals surface area contributed by atoms with E-state index >= 15 is 0 Å². The molecule has 0 unspecified atom stereocenters. The lowest BCUT2D eigenvalue weighted by Gasteiger charge is -2.12. The first-order chi connectivity index (χ1) is 12.6. The lowest BCUT2D eigenvalue weighted by molar-refractivity contribution is -0.120. The van der Waals surface area contributed by atoms with E-state index in [0.717, 1.165) is 22.6 Å². The van der Waals surface area contributed by atoms with Crippen molar-refractivity contribution in [1.82, 2.24) is 5.32 Å². The summed E-state index contributed by atoms with van der Waals surface area (Å²) >= 11 is 0. The maximum absolute atomic E-state index is 12.3. The molecule has 6 heteroatoms. The molecule has 0 aliphatic heterocycles. The number of ether oxygens (including phenoxy) is 4. The number of benzene rings is 2. The minimum atomic E-state index is -0.0848. The molecule has 0 heterocycles. The van der Waals surface area contributed by atoms with Crippen LogP contribution in [0.1, 0.15) is 11.1 Å². The molecule has 0 saturated heterocycles. The second-order valence-corrected chi connectivity index (χ2v) is 5.63. The van der Waals surface area contributed by atoms with Gasteiger partial charge in [-0.05, 0) is 48.4 Å². The summed E-state index contributed by atoms with van der Waals surface area (Å²) in [6.07, 6.45) is 0.858. The van der Waals surface area contributed by atoms with Crippen molar-refractivity contribution in [2.75, 3.05) is 35.0 Å². The average molecular weight is 359 g/mol. The summed E-state index contributed by atoms with van der Waals surface area (Å²) in [6.45, 7) is 0.495. The topological polar surface area (TPSA) is 66.0 Å². The fraction of sp³-hybridized carbons (Fsp3) is 0.350. The Morgan fingerprint density at radius 1 is 0.808 bits per heavy atom. The number of carbonyl (C=O) groups excluding carboxylic acids is 1. The Morgan fingerprint density at radius 3 is 1.88 bits per heavy atom. The van der Waals surface area contributed by atoms with Gasteiger partial charge in [-0.25, -0.2) is 0 Å². The van der Waals surface area contributed by atoms with Crippen LogP contribution in [0.25, 0.3) is 0 Å². The van der Waals surface area contributed by atoms with Gasteiger partial charge >= 0.3 is 0 Å². The summed E-state index contributed by atoms with van der Waals surface area (Å²) < 4.78 is 21.1. The van der Waals surface area contributed by atoms with Gasteiger partial charge in [0.2, 0.25) is 5.91 Å². The minimum absolute atomic E-state index is 0.0848. The smallest absolute Gasteiger partial charge is 0.224 e. The van der Waals surface area contributed by atoms with Gasteiger partial charge in [-0.3, -0.25) is 4.79 Å². The van der Waals surface area contributed by atoms with Crippen molar-refractivity contribution in [2.24, 2.45) is 0 Å². The van der Waals surface area contributed by atoms with Gasteiger partial charge in [0, 0.05) is 12.1 Å². The molecule has 1 amide bonds. The van der Waals surface area contributed by atoms with Crippen molar-refractivity contribution >= 4 is 5.91 Å². The largest absolute Gasteiger partial charge is 0.497 e. The second kappa shape index (κ2) is 9.56. The van der Waals surface area contributed by atoms with Gasteiger partial charge in [0.15, 0.2) is 0 Å². The van der Waals surface area contributed by atoms with Crippen LogP contribution < -0.4 is 24.3 Å². The molecule has 0 saturated carbocycles. The summed E-state index contributed by atoms with van der Waals surface area (Å²) in [5.74, 6) is 2.80. The number of amides is 1. The molecule has 2 rings (SSSR count). The van der Waals surface area contributed by atoms with E-state index in [-0.39, 0.29) is 12.3 Å². The number of rotatable bonds is 9. The quantitative estimate of drug-likeness (QED) is 0.746. The van der Waals surface area contributed by atoms with Gasteiger partial charge in [0.05, 0.1) is 34.9 Å². The standard InChI is InChI=1S/C20H25NO5/c1-23-16-5-7-18(25-3)14(11-16)9-10-21-20(22)13-15-12-17(24-2)6-8-19(15)26-4/h5-8,11-12H,9-10,13H2,1-4H3,(H,21,22). The highest BCUT2D eigenvalue weighted by Gasteiger charge is 2.11. The van der Waals surface area contributed by atoms with Crippen LogP contribution in [0.5, 0.6) is 23.0 Å². The van der Waals surface area contributed by atoms with Gasteiger partial charge in [0.1, 0.15) is 23.0 Å². The Bertz CT molecular complexity index is 745. The molecule has 0 aliphatic rings. The first-order valence-corrected chi connectivity index (χ1v) is 8.29. The van der Waals surface area contributed by atoms with E-state index in [9.17, 15) is 4.79 Å². The zero-order valence-electron chi connectivity index (χ0n) is 15.6. The Kier molecular flexibility index (Phi) is 7.14. The van der Waals surface area contributed by atoms with Crippen molar-refractivity contribution < 1.29 is 23.7 Å². The van der Waals surface area contributed by atoms with E-state index in [1.807, 2.05) is 24.3 Å². The van der Waals surface area contributed by atoms with E-state index in [0.29, 0.717) is 24.5 Å². The second-order valence-electron chi connectivity index (χ2n) is 5.63. The predicted octanol–water partition coefficient (Wildman–Crippen LogP) is 2.62. The molecule has 2 aromatic rings. The summed E-state index contributed by atoms with van der Waals surface area (Å²) in [6, 6.07) is 11.0. The summed E-state index contributed by atoms with van der Waals surface area (Å²) in [4.78, 5) is 12.3. The van der Waals surface area contributed by atoms with Crippen LogP contribution in [0.4, 0.5) is 0 Å². The molecule has 26 heavy (non-hydrogen) atoms. The third-order valence-corrected chi connectivity index (χ3v) is 4.04. The van der Waals surface area contributed by atoms with Crippen molar-refractivity contribution in [2.45, 2.75) is 12.8 Å². The summed E-state index contributed by atoms with van der Waals surface area (Å²) in [7, 11) is 6.42. The number of nitrogens with one attached hydrogen (secondary N) is 1. The van der Waals surface area contributed by atoms with E-state index < -0.39 is 0 Å². The Morgan fingerprint density at radius 2 is 1.35 bits per heavy atom. The highest BCUT2D eigenvalue weighted by Crippen LogP contribution is 2.25. The molecule has 0 fully saturated rings. The highest BCUT2D eigenvalue weighted by atomic mass is 16.5. The lowest BCUT2D eigenvalue weighted by Crippen LogP contribution is -2.27. The molecule has 0 atom stereocenters. The molecule has 140 valence electrons. The van der Waals surface area contributed by atoms with Gasteiger partial charge in [-0.1, -0.05) is 0 Å². The minimum Gasteiger partial charge on any atom is -0.497 e. The van der Waals surface area contributed by atoms with Crippen LogP contribution in [-0.4, -0.2) is 40.9 Å². The molecule has 6 nitrogen and oxygen atoms in total. The molecular weight excluding hydrogens is 334 g/mol. The number of methoxy groups -OCH3 is 4. The SMILES string of the molecule is COc1ccc(OC)c(CCNC(=O)Cc2cc(OC)ccc2OC)c1. The van der Waals surface area contributed by atoms with E-state index in [1.54, 1.807) is 40.6 Å². The van der Waals surface area contributed by atoms with Gasteiger partial charge < -0.3 is 24.3 Å². The maximum Gasteiger partial charge on any atom is 0.224 e. The maximum atomic E-state index is 12.3. The fourth-order valence-corrected chi connectivity index (χ4v) is 2.67. The van der Waals surface area contributed by atoms with Crippen molar-refractivity contribution in [3.63, 3.8) is 0 Å². The van der Waals surface area contributed by atoms with Gasteiger partial charge in [-0.15, -0.1) is 0 Å². The van der Waals surface area contributed by atoms with Gasteiger partial charge in [0.25, 0.3) is 0 Å². The first kappa shape index (κ1) is 19.4. The monoisotopic (exact) mass is 359 g/mol. The zero-order valence-corrected chi connectivity index (χ0v) is 15.6. The number of carbonyl (C=O) groups is 1. The predicted molar refractivity (Wildman–Crippen MR) is 99.5 cm³/mol. The molecule has 0 aliphatic carbocycles. The zero-order chi connectivity index (χ0) is 18.9. The van der Waals surface area contributed by atoms with Crippen molar-refractivity contribution in [3.8, 4) is 23.0 Å². The molecule has 0 radical (unpaired) electrons. The van der Waals surface area contributed by atoms with Crippen LogP contribution in [0.3, 0.4) is 0 Å². The van der Waals surface area contributed by atoms with Gasteiger partial charge in [-0.2, -0.15) is 0 Å². The van der Waals surface area contributed by atoms with Crippen LogP contribution in [0, 0.1) is 0 Å². The van der Waals surface area contributed by atoms with E-state index in [4.69, 9.17) is 18.9 Å². The highest BCUT2D eigenvalue weighted by molar-refractivity contribution is 5.79. The van der Waals surface area contributed by atoms with Crippen molar-refractivity contribution in [1.29, 1.82) is 0 Å². The molecule has 0 bridgehead atoms. The molecular formula is C20H25NO5. The molecule has 2 aromatic carbocycles. The molecule has 0 aromatic heterocycles. The number of hydrogen-bond acceptors (Lipinski definition) is 5. The average Bonchev–Trinajstić information content (AvgIpc) is 2.67. The van der Waals surface area contributed by atoms with Crippen LogP contribution >= 0.6 is 0 Å². The van der Waals surface area contributed by atoms with Crippen LogP contribution in [0.2, 0.25) is 0 Å². The Balaban J connectivity index is 1.96. The van der Waals surface area contributed by atoms with Crippen LogP contribution in [0.15, 0.2) is 36.4 Å². The third kappa shape index (κ3) is 5.05.